The van der Waals surface area contributed by atoms with Gasteiger partial charge in [-0.05, 0) is 43.3 Å². The molecule has 3 aromatic rings. The minimum absolute atomic E-state index is 0.000785. The number of carbonyl (C=O) groups is 2. The van der Waals surface area contributed by atoms with Gasteiger partial charge in [-0.2, -0.15) is 0 Å². The van der Waals surface area contributed by atoms with E-state index in [2.05, 4.69) is 5.32 Å². The Kier molecular flexibility index (Phi) is 6.03. The molecule has 0 atom stereocenters. The van der Waals surface area contributed by atoms with Gasteiger partial charge in [-0.25, -0.2) is 4.79 Å². The summed E-state index contributed by atoms with van der Waals surface area (Å²) in [6, 6.07) is 14.6. The van der Waals surface area contributed by atoms with Gasteiger partial charge in [0.2, 0.25) is 11.7 Å². The predicted octanol–water partition coefficient (Wildman–Crippen LogP) is 4.35. The van der Waals surface area contributed by atoms with Crippen LogP contribution in [0.2, 0.25) is 0 Å². The monoisotopic (exact) mass is 385 g/mol. The van der Waals surface area contributed by atoms with Gasteiger partial charge < -0.3 is 19.2 Å². The van der Waals surface area contributed by atoms with Crippen LogP contribution >= 0.6 is 11.8 Å². The number of benzene rings is 2. The highest BCUT2D eigenvalue weighted by Gasteiger charge is 2.23. The zero-order valence-electron chi connectivity index (χ0n) is 15.0. The number of carbonyl (C=O) groups excluding carboxylic acids is 2. The largest absolute Gasteiger partial charge is 0.497 e. The Balaban J connectivity index is 1.75. The van der Waals surface area contributed by atoms with E-state index in [1.807, 2.05) is 30.3 Å². The van der Waals surface area contributed by atoms with E-state index in [0.29, 0.717) is 16.7 Å². The Bertz CT molecular complexity index is 949. The van der Waals surface area contributed by atoms with Crippen molar-refractivity contribution in [3.63, 3.8) is 0 Å². The molecule has 3 rings (SSSR count). The van der Waals surface area contributed by atoms with Gasteiger partial charge in [0, 0.05) is 10.3 Å². The molecule has 1 aromatic heterocycles. The Morgan fingerprint density at radius 1 is 1.11 bits per heavy atom. The second-order valence-corrected chi connectivity index (χ2v) is 6.58. The third-order valence-electron chi connectivity index (χ3n) is 3.75. The maximum absolute atomic E-state index is 12.4. The Labute approximate surface area is 160 Å². The van der Waals surface area contributed by atoms with Gasteiger partial charge in [0.25, 0.3) is 0 Å². The number of esters is 1. The van der Waals surface area contributed by atoms with Crippen molar-refractivity contribution in [2.45, 2.75) is 11.8 Å². The number of amides is 1. The molecule has 0 spiro atoms. The lowest BCUT2D eigenvalue weighted by Crippen LogP contribution is -2.16. The molecule has 140 valence electrons. The second-order valence-electron chi connectivity index (χ2n) is 5.54. The molecule has 0 radical (unpaired) electrons. The van der Waals surface area contributed by atoms with Crippen LogP contribution in [0.5, 0.6) is 5.75 Å². The summed E-state index contributed by atoms with van der Waals surface area (Å²) in [4.78, 5) is 25.5. The molecule has 0 saturated carbocycles. The number of nitrogens with one attached hydrogen (secondary N) is 1. The van der Waals surface area contributed by atoms with Gasteiger partial charge in [-0.3, -0.25) is 4.79 Å². The topological polar surface area (TPSA) is 77.8 Å². The second kappa shape index (κ2) is 8.64. The standard InChI is InChI=1S/C20H19NO5S/c1-3-25-20(23)19-18(15-6-4-5-7-16(15)26-19)21-17(22)12-27-14-10-8-13(24-2)9-11-14/h4-11H,3,12H2,1-2H3,(H,21,22). The van der Waals surface area contributed by atoms with Crippen molar-refractivity contribution in [3.8, 4) is 5.75 Å². The van der Waals surface area contributed by atoms with Crippen LogP contribution in [0.15, 0.2) is 57.8 Å². The van der Waals surface area contributed by atoms with Gasteiger partial charge in [0.1, 0.15) is 17.0 Å². The summed E-state index contributed by atoms with van der Waals surface area (Å²) in [5.74, 6) is 0.0991. The molecule has 7 heteroatoms. The number of rotatable bonds is 7. The molecule has 6 nitrogen and oxygen atoms in total. The first kappa shape index (κ1) is 18.8. The fraction of sp³-hybridized carbons (Fsp3) is 0.200. The first-order valence-electron chi connectivity index (χ1n) is 8.37. The molecule has 2 aromatic carbocycles. The van der Waals surface area contributed by atoms with Crippen molar-refractivity contribution in [2.75, 3.05) is 24.8 Å². The number of fused-ring (bicyclic) bond motifs is 1. The van der Waals surface area contributed by atoms with Crippen molar-refractivity contribution in [2.24, 2.45) is 0 Å². The summed E-state index contributed by atoms with van der Waals surface area (Å²) >= 11 is 1.39. The third-order valence-corrected chi connectivity index (χ3v) is 4.76. The SMILES string of the molecule is CCOC(=O)c1oc2ccccc2c1NC(=O)CSc1ccc(OC)cc1. The molecular weight excluding hydrogens is 366 g/mol. The van der Waals surface area contributed by atoms with Crippen molar-refractivity contribution < 1.29 is 23.5 Å². The summed E-state index contributed by atoms with van der Waals surface area (Å²) in [6.07, 6.45) is 0. The minimum atomic E-state index is -0.605. The van der Waals surface area contributed by atoms with Crippen LogP contribution in [0, 0.1) is 0 Å². The minimum Gasteiger partial charge on any atom is -0.497 e. The van der Waals surface area contributed by atoms with Crippen molar-refractivity contribution >= 4 is 40.3 Å². The van der Waals surface area contributed by atoms with Gasteiger partial charge in [-0.15, -0.1) is 11.8 Å². The lowest BCUT2D eigenvalue weighted by Gasteiger charge is -2.06. The first-order valence-corrected chi connectivity index (χ1v) is 9.36. The Morgan fingerprint density at radius 3 is 2.56 bits per heavy atom. The summed E-state index contributed by atoms with van der Waals surface area (Å²) in [7, 11) is 1.60. The number of furan rings is 1. The quantitative estimate of drug-likeness (QED) is 0.481. The molecule has 0 aliphatic heterocycles. The van der Waals surface area contributed by atoms with E-state index < -0.39 is 5.97 Å². The predicted molar refractivity (Wildman–Crippen MR) is 105 cm³/mol. The molecule has 1 amide bonds. The number of hydrogen-bond donors (Lipinski definition) is 1. The van der Waals surface area contributed by atoms with Gasteiger partial charge in [-0.1, -0.05) is 12.1 Å². The van der Waals surface area contributed by atoms with E-state index in [9.17, 15) is 9.59 Å². The van der Waals surface area contributed by atoms with E-state index in [4.69, 9.17) is 13.9 Å². The summed E-state index contributed by atoms with van der Waals surface area (Å²) in [5.41, 5.74) is 0.850. The van der Waals surface area contributed by atoms with Crippen LogP contribution in [0.1, 0.15) is 17.5 Å². The molecule has 0 unspecified atom stereocenters. The fourth-order valence-electron chi connectivity index (χ4n) is 2.51. The molecule has 0 bridgehead atoms. The van der Waals surface area contributed by atoms with Crippen LogP contribution in [0.3, 0.4) is 0 Å². The van der Waals surface area contributed by atoms with E-state index in [1.165, 1.54) is 11.8 Å². The van der Waals surface area contributed by atoms with Crippen LogP contribution in [0.4, 0.5) is 5.69 Å². The molecule has 0 aliphatic rings. The lowest BCUT2D eigenvalue weighted by atomic mass is 10.2. The zero-order chi connectivity index (χ0) is 19.2. The summed E-state index contributed by atoms with van der Waals surface area (Å²) in [5, 5.41) is 3.44. The smallest absolute Gasteiger partial charge is 0.376 e. The van der Waals surface area contributed by atoms with E-state index in [-0.39, 0.29) is 24.0 Å². The highest BCUT2D eigenvalue weighted by molar-refractivity contribution is 8.00. The third kappa shape index (κ3) is 4.43. The molecule has 1 heterocycles. The highest BCUT2D eigenvalue weighted by atomic mass is 32.2. The van der Waals surface area contributed by atoms with E-state index >= 15 is 0 Å². The number of para-hydroxylation sites is 1. The number of thioether (sulfide) groups is 1. The Morgan fingerprint density at radius 2 is 1.85 bits per heavy atom. The van der Waals surface area contributed by atoms with Crippen LogP contribution < -0.4 is 10.1 Å². The number of methoxy groups -OCH3 is 1. The average molecular weight is 385 g/mol. The van der Waals surface area contributed by atoms with E-state index in [0.717, 1.165) is 10.6 Å². The molecule has 0 fully saturated rings. The van der Waals surface area contributed by atoms with E-state index in [1.54, 1.807) is 32.2 Å². The molecule has 27 heavy (non-hydrogen) atoms. The molecule has 1 N–H and O–H groups in total. The molecule has 0 aliphatic carbocycles. The van der Waals surface area contributed by atoms with Crippen molar-refractivity contribution in [1.82, 2.24) is 0 Å². The maximum Gasteiger partial charge on any atom is 0.376 e. The number of hydrogen-bond acceptors (Lipinski definition) is 6. The van der Waals surface area contributed by atoms with Gasteiger partial charge in [0.15, 0.2) is 0 Å². The van der Waals surface area contributed by atoms with Gasteiger partial charge >= 0.3 is 5.97 Å². The fourth-order valence-corrected chi connectivity index (χ4v) is 3.20. The summed E-state index contributed by atoms with van der Waals surface area (Å²) < 4.78 is 15.7. The van der Waals surface area contributed by atoms with Gasteiger partial charge in [0.05, 0.1) is 19.5 Å². The average Bonchev–Trinajstić information content (AvgIpc) is 3.05. The molecule has 0 saturated heterocycles. The van der Waals surface area contributed by atoms with Crippen molar-refractivity contribution in [3.05, 3.63) is 54.3 Å². The van der Waals surface area contributed by atoms with Crippen LogP contribution in [-0.2, 0) is 9.53 Å². The van der Waals surface area contributed by atoms with Crippen molar-refractivity contribution in [1.29, 1.82) is 0 Å². The lowest BCUT2D eigenvalue weighted by molar-refractivity contribution is -0.113. The Hall–Kier alpha value is -2.93. The maximum atomic E-state index is 12.4. The summed E-state index contributed by atoms with van der Waals surface area (Å²) in [6.45, 7) is 1.93. The number of anilines is 1. The first-order chi connectivity index (χ1) is 13.1. The molecular formula is C20H19NO5S. The highest BCUT2D eigenvalue weighted by Crippen LogP contribution is 2.32. The normalized spacial score (nSPS) is 10.6. The zero-order valence-corrected chi connectivity index (χ0v) is 15.8. The number of ether oxygens (including phenoxy) is 2. The van der Waals surface area contributed by atoms with Crippen LogP contribution in [-0.4, -0.2) is 31.3 Å². The van der Waals surface area contributed by atoms with Crippen LogP contribution in [0.25, 0.3) is 11.0 Å².